The van der Waals surface area contributed by atoms with Crippen molar-refractivity contribution in [1.29, 1.82) is 0 Å². The van der Waals surface area contributed by atoms with E-state index in [1.165, 1.54) is 65.7 Å². The lowest BCUT2D eigenvalue weighted by molar-refractivity contribution is 0.648. The van der Waals surface area contributed by atoms with Crippen LogP contribution in [0.2, 0.25) is 0 Å². The van der Waals surface area contributed by atoms with E-state index in [0.29, 0.717) is 0 Å². The fourth-order valence-corrected chi connectivity index (χ4v) is 7.22. The van der Waals surface area contributed by atoms with Crippen LogP contribution in [-0.2, 0) is 0 Å². The summed E-state index contributed by atoms with van der Waals surface area (Å²) in [7, 11) is 0. The van der Waals surface area contributed by atoms with Gasteiger partial charge in [-0.1, -0.05) is 84.9 Å². The summed E-state index contributed by atoms with van der Waals surface area (Å²) in [6, 6.07) is 52.4. The molecule has 8 aromatic rings. The van der Waals surface area contributed by atoms with Gasteiger partial charge in [-0.3, -0.25) is 0 Å². The van der Waals surface area contributed by atoms with Crippen molar-refractivity contribution in [1.82, 2.24) is 9.13 Å². The van der Waals surface area contributed by atoms with Crippen molar-refractivity contribution >= 4 is 65.6 Å². The van der Waals surface area contributed by atoms with E-state index in [1.54, 1.807) is 0 Å². The highest BCUT2D eigenvalue weighted by atomic mass is 16.3. The third kappa shape index (κ3) is 3.08. The molecule has 0 saturated heterocycles. The fraction of sp³-hybridized carbons (Fsp3) is 0. The summed E-state index contributed by atoms with van der Waals surface area (Å²) in [6.45, 7) is 0. The predicted octanol–water partition coefficient (Wildman–Crippen LogP) is 10.9. The zero-order chi connectivity index (χ0) is 28.1. The third-order valence-electron chi connectivity index (χ3n) is 9.08. The first-order valence-electron chi connectivity index (χ1n) is 14.7. The van der Waals surface area contributed by atoms with E-state index in [4.69, 9.17) is 4.42 Å². The van der Waals surface area contributed by atoms with Crippen LogP contribution < -0.4 is 0 Å². The number of hydrogen-bond acceptors (Lipinski definition) is 1. The molecule has 0 amide bonds. The van der Waals surface area contributed by atoms with Crippen molar-refractivity contribution in [2.75, 3.05) is 0 Å². The Hall–Kier alpha value is -5.80. The highest BCUT2D eigenvalue weighted by Gasteiger charge is 2.21. The van der Waals surface area contributed by atoms with Crippen LogP contribution in [-0.4, -0.2) is 9.13 Å². The molecule has 43 heavy (non-hydrogen) atoms. The topological polar surface area (TPSA) is 23.0 Å². The molecule has 0 bridgehead atoms. The van der Waals surface area contributed by atoms with Crippen LogP contribution in [0.4, 0.5) is 0 Å². The zero-order valence-corrected chi connectivity index (χ0v) is 23.2. The number of fused-ring (bicyclic) bond motifs is 8. The summed E-state index contributed by atoms with van der Waals surface area (Å²) in [4.78, 5) is 0. The molecule has 2 aliphatic heterocycles. The van der Waals surface area contributed by atoms with Crippen LogP contribution in [0.5, 0.6) is 0 Å². The van der Waals surface area contributed by atoms with Crippen molar-refractivity contribution in [3.8, 4) is 22.5 Å². The molecule has 0 radical (unpaired) electrons. The number of aromatic nitrogens is 2. The Morgan fingerprint density at radius 3 is 1.88 bits per heavy atom. The van der Waals surface area contributed by atoms with Crippen molar-refractivity contribution in [2.24, 2.45) is 0 Å². The van der Waals surface area contributed by atoms with Crippen molar-refractivity contribution in [3.63, 3.8) is 0 Å². The highest BCUT2D eigenvalue weighted by Crippen LogP contribution is 2.43. The second kappa shape index (κ2) is 8.37. The SMILES string of the molecule is c1ccc(-n2c3ccccc3c3cc(-c4ccc5c(c4)c4cccc6ccc7oc8ccccc8n5-c7c64)ccc32)cc1. The molecule has 0 spiro atoms. The van der Waals surface area contributed by atoms with Crippen molar-refractivity contribution in [2.45, 2.75) is 0 Å². The van der Waals surface area contributed by atoms with E-state index < -0.39 is 0 Å². The quantitative estimate of drug-likeness (QED) is 0.156. The molecule has 200 valence electrons. The van der Waals surface area contributed by atoms with Crippen LogP contribution in [0.3, 0.4) is 0 Å². The average molecular weight is 549 g/mol. The predicted molar refractivity (Wildman–Crippen MR) is 179 cm³/mol. The minimum Gasteiger partial charge on any atom is -0.453 e. The average Bonchev–Trinajstić information content (AvgIpc) is 3.41. The molecule has 0 aliphatic carbocycles. The van der Waals surface area contributed by atoms with Gasteiger partial charge in [-0.15, -0.1) is 0 Å². The first-order chi connectivity index (χ1) is 21.3. The maximum atomic E-state index is 6.42. The molecule has 0 fully saturated rings. The number of nitrogens with zero attached hydrogens (tertiary/aromatic N) is 2. The van der Waals surface area contributed by atoms with E-state index in [-0.39, 0.29) is 0 Å². The Bertz CT molecular complexity index is 2670. The van der Waals surface area contributed by atoms with Gasteiger partial charge in [-0.05, 0) is 82.6 Å². The molecule has 7 aromatic carbocycles. The summed E-state index contributed by atoms with van der Waals surface area (Å²) in [5, 5.41) is 7.45. The van der Waals surface area contributed by atoms with Crippen LogP contribution in [0.1, 0.15) is 0 Å². The smallest absolute Gasteiger partial charge is 0.152 e. The highest BCUT2D eigenvalue weighted by molar-refractivity contribution is 6.20. The molecule has 3 nitrogen and oxygen atoms in total. The number of pyridine rings is 1. The van der Waals surface area contributed by atoms with Crippen LogP contribution in [0.25, 0.3) is 88.1 Å². The van der Waals surface area contributed by atoms with E-state index in [2.05, 4.69) is 149 Å². The maximum absolute atomic E-state index is 6.42. The minimum atomic E-state index is 0.879. The van der Waals surface area contributed by atoms with Crippen LogP contribution >= 0.6 is 0 Å². The standard InChI is InChI=1S/C40H24N2O/c1-2-10-28(11-3-1)41-33-14-5-4-12-29(33)31-23-26(17-20-34(31)41)27-18-21-35-32(24-27)30-13-8-9-25-19-22-38-40(39(25)30)42(35)36-15-6-7-16-37(36)43-38/h1-24H. The van der Waals surface area contributed by atoms with Crippen molar-refractivity contribution in [3.05, 3.63) is 146 Å². The Labute approximate surface area is 246 Å². The maximum Gasteiger partial charge on any atom is 0.152 e. The minimum absolute atomic E-state index is 0.879. The van der Waals surface area contributed by atoms with Gasteiger partial charge >= 0.3 is 0 Å². The Morgan fingerprint density at radius 2 is 1.05 bits per heavy atom. The Morgan fingerprint density at radius 1 is 0.395 bits per heavy atom. The molecule has 1 aromatic heterocycles. The van der Waals surface area contributed by atoms with Crippen molar-refractivity contribution < 1.29 is 4.42 Å². The van der Waals surface area contributed by atoms with E-state index >= 15 is 0 Å². The monoisotopic (exact) mass is 548 g/mol. The number of rotatable bonds is 2. The molecule has 0 atom stereocenters. The summed E-state index contributed by atoms with van der Waals surface area (Å²) in [6.07, 6.45) is 0. The lowest BCUT2D eigenvalue weighted by Crippen LogP contribution is -2.05. The number of para-hydroxylation sites is 4. The number of benzene rings is 7. The molecule has 0 unspecified atom stereocenters. The van der Waals surface area contributed by atoms with E-state index in [9.17, 15) is 0 Å². The van der Waals surface area contributed by atoms with Gasteiger partial charge in [0.05, 0.1) is 27.8 Å². The summed E-state index contributed by atoms with van der Waals surface area (Å²) in [5.41, 5.74) is 11.2. The molecule has 3 heteroatoms. The summed E-state index contributed by atoms with van der Waals surface area (Å²) in [5.74, 6) is 0. The Kier molecular flexibility index (Phi) is 4.45. The van der Waals surface area contributed by atoms with Gasteiger partial charge in [0.1, 0.15) is 0 Å². The lowest BCUT2D eigenvalue weighted by atomic mass is 9.95. The lowest BCUT2D eigenvalue weighted by Gasteiger charge is -2.23. The third-order valence-corrected chi connectivity index (χ3v) is 9.08. The molecule has 0 N–H and O–H groups in total. The molecule has 0 saturated carbocycles. The van der Waals surface area contributed by atoms with Gasteiger partial charge in [0, 0.05) is 27.2 Å². The van der Waals surface area contributed by atoms with Gasteiger partial charge in [0.15, 0.2) is 11.2 Å². The van der Waals surface area contributed by atoms with E-state index in [1.807, 2.05) is 6.07 Å². The van der Waals surface area contributed by atoms with Crippen LogP contribution in [0, 0.1) is 0 Å². The van der Waals surface area contributed by atoms with Gasteiger partial charge < -0.3 is 13.6 Å². The van der Waals surface area contributed by atoms with Gasteiger partial charge in [0.25, 0.3) is 0 Å². The molecule has 2 aliphatic rings. The van der Waals surface area contributed by atoms with Gasteiger partial charge in [-0.2, -0.15) is 0 Å². The van der Waals surface area contributed by atoms with Gasteiger partial charge in [-0.25, -0.2) is 0 Å². The first-order valence-corrected chi connectivity index (χ1v) is 14.7. The first kappa shape index (κ1) is 22.8. The normalized spacial score (nSPS) is 12.2. The van der Waals surface area contributed by atoms with Gasteiger partial charge in [0.2, 0.25) is 0 Å². The number of hydrogen-bond donors (Lipinski definition) is 0. The van der Waals surface area contributed by atoms with E-state index in [0.717, 1.165) is 22.4 Å². The fourth-order valence-electron chi connectivity index (χ4n) is 7.22. The largest absolute Gasteiger partial charge is 0.453 e. The molecular weight excluding hydrogens is 524 g/mol. The Balaban J connectivity index is 1.29. The van der Waals surface area contributed by atoms with Crippen LogP contribution in [0.15, 0.2) is 150 Å². The second-order valence-corrected chi connectivity index (χ2v) is 11.4. The summed E-state index contributed by atoms with van der Waals surface area (Å²) >= 11 is 0. The summed E-state index contributed by atoms with van der Waals surface area (Å²) < 4.78 is 11.2. The molecule has 10 rings (SSSR count). The zero-order valence-electron chi connectivity index (χ0n) is 23.2. The second-order valence-electron chi connectivity index (χ2n) is 11.4. The molecule has 3 heterocycles. The molecular formula is C40H24N2O.